The number of fused-ring (bicyclic) bond motifs is 1. The molecule has 12 heteroatoms. The molecule has 0 bridgehead atoms. The number of hydrazine groups is 1. The quantitative estimate of drug-likeness (QED) is 0.234. The molecular formula is C23H17N3O8S. The number of para-hydroxylation sites is 1. The standard InChI is InChI=1S/C23H17N3O8S/c1-14-19-7-2-3-8-20(19)33-21(14)23(28)25-24-22(27)15-9-11-17(12-10-15)34-35(31,32)18-6-4-5-16(13-18)26(29)30/h2-13H,1H3,(H,24,27)(H,25,28). The third kappa shape index (κ3) is 4.96. The van der Waals surface area contributed by atoms with Crippen LogP contribution in [0.5, 0.6) is 5.75 Å². The molecule has 178 valence electrons. The van der Waals surface area contributed by atoms with Crippen molar-refractivity contribution in [1.29, 1.82) is 0 Å². The van der Waals surface area contributed by atoms with E-state index < -0.39 is 37.4 Å². The van der Waals surface area contributed by atoms with E-state index in [0.717, 1.165) is 23.6 Å². The Bertz CT molecular complexity index is 1560. The smallest absolute Gasteiger partial charge is 0.339 e. The van der Waals surface area contributed by atoms with Gasteiger partial charge in [-0.25, -0.2) is 0 Å². The van der Waals surface area contributed by atoms with Crippen LogP contribution < -0.4 is 15.0 Å². The van der Waals surface area contributed by atoms with Crippen LogP contribution in [0.3, 0.4) is 0 Å². The van der Waals surface area contributed by atoms with E-state index >= 15 is 0 Å². The molecule has 4 rings (SSSR count). The van der Waals surface area contributed by atoms with Gasteiger partial charge in [-0.15, -0.1) is 0 Å². The summed E-state index contributed by atoms with van der Waals surface area (Å²) in [7, 11) is -4.34. The van der Waals surface area contributed by atoms with Crippen LogP contribution in [0.1, 0.15) is 26.5 Å². The number of hydrogen-bond donors (Lipinski definition) is 2. The number of nitrogens with zero attached hydrogens (tertiary/aromatic N) is 1. The van der Waals surface area contributed by atoms with Crippen molar-refractivity contribution in [1.82, 2.24) is 10.9 Å². The normalized spacial score (nSPS) is 11.1. The fourth-order valence-electron chi connectivity index (χ4n) is 3.22. The molecule has 0 spiro atoms. The third-order valence-electron chi connectivity index (χ3n) is 4.98. The van der Waals surface area contributed by atoms with Crippen LogP contribution in [0.25, 0.3) is 11.0 Å². The fraction of sp³-hybridized carbons (Fsp3) is 0.0435. The number of furan rings is 1. The summed E-state index contributed by atoms with van der Waals surface area (Å²) in [5.74, 6) is -1.37. The van der Waals surface area contributed by atoms with Crippen molar-refractivity contribution >= 4 is 38.6 Å². The van der Waals surface area contributed by atoms with Gasteiger partial charge in [0.1, 0.15) is 16.2 Å². The molecule has 4 aromatic rings. The number of carbonyl (C=O) groups excluding carboxylic acids is 2. The lowest BCUT2D eigenvalue weighted by atomic mass is 10.1. The van der Waals surface area contributed by atoms with E-state index in [2.05, 4.69) is 10.9 Å². The van der Waals surface area contributed by atoms with Gasteiger partial charge in [-0.2, -0.15) is 8.42 Å². The maximum absolute atomic E-state index is 12.4. The molecule has 1 heterocycles. The summed E-state index contributed by atoms with van der Waals surface area (Å²) in [6, 6.07) is 16.6. The van der Waals surface area contributed by atoms with Gasteiger partial charge in [0.15, 0.2) is 5.76 Å². The van der Waals surface area contributed by atoms with Gasteiger partial charge in [-0.1, -0.05) is 24.3 Å². The first-order chi connectivity index (χ1) is 16.7. The molecule has 0 unspecified atom stereocenters. The summed E-state index contributed by atoms with van der Waals surface area (Å²) in [6.45, 7) is 1.73. The molecule has 0 aliphatic rings. The van der Waals surface area contributed by atoms with Crippen LogP contribution in [-0.2, 0) is 10.1 Å². The Labute approximate surface area is 198 Å². The average Bonchev–Trinajstić information content (AvgIpc) is 3.19. The molecule has 0 saturated carbocycles. The topological polar surface area (TPSA) is 158 Å². The number of nitro benzene ring substituents is 1. The summed E-state index contributed by atoms with van der Waals surface area (Å²) < 4.78 is 35.4. The van der Waals surface area contributed by atoms with Crippen molar-refractivity contribution in [2.45, 2.75) is 11.8 Å². The zero-order valence-electron chi connectivity index (χ0n) is 18.0. The van der Waals surface area contributed by atoms with Crippen LogP contribution in [0.4, 0.5) is 5.69 Å². The highest BCUT2D eigenvalue weighted by molar-refractivity contribution is 7.87. The zero-order chi connectivity index (χ0) is 25.2. The number of nitro groups is 1. The van der Waals surface area contributed by atoms with Crippen molar-refractivity contribution in [2.75, 3.05) is 0 Å². The van der Waals surface area contributed by atoms with Gasteiger partial charge in [0.2, 0.25) is 0 Å². The number of carbonyl (C=O) groups is 2. The van der Waals surface area contributed by atoms with E-state index in [1.807, 2.05) is 12.1 Å². The van der Waals surface area contributed by atoms with Crippen LogP contribution in [0.2, 0.25) is 0 Å². The highest BCUT2D eigenvalue weighted by atomic mass is 32.2. The van der Waals surface area contributed by atoms with E-state index in [1.165, 1.54) is 30.3 Å². The van der Waals surface area contributed by atoms with E-state index in [4.69, 9.17) is 8.60 Å². The molecule has 0 saturated heterocycles. The largest absolute Gasteiger partial charge is 0.451 e. The zero-order valence-corrected chi connectivity index (χ0v) is 18.9. The minimum atomic E-state index is -4.34. The Balaban J connectivity index is 1.40. The van der Waals surface area contributed by atoms with Gasteiger partial charge in [0.25, 0.3) is 11.6 Å². The maximum Gasteiger partial charge on any atom is 0.339 e. The van der Waals surface area contributed by atoms with Gasteiger partial charge >= 0.3 is 16.0 Å². The molecular weight excluding hydrogens is 478 g/mol. The molecule has 11 nitrogen and oxygen atoms in total. The summed E-state index contributed by atoms with van der Waals surface area (Å²) in [4.78, 5) is 34.6. The first-order valence-electron chi connectivity index (χ1n) is 10.0. The predicted octanol–water partition coefficient (Wildman–Crippen LogP) is 3.49. The first-order valence-corrected chi connectivity index (χ1v) is 11.4. The van der Waals surface area contributed by atoms with Crippen LogP contribution in [0, 0.1) is 17.0 Å². The highest BCUT2D eigenvalue weighted by Gasteiger charge is 2.21. The Morgan fingerprint density at radius 3 is 2.31 bits per heavy atom. The number of amides is 2. The fourth-order valence-corrected chi connectivity index (χ4v) is 4.19. The Kier molecular flexibility index (Phi) is 6.21. The van der Waals surface area contributed by atoms with Crippen LogP contribution in [0.15, 0.2) is 82.1 Å². The molecule has 2 N–H and O–H groups in total. The highest BCUT2D eigenvalue weighted by Crippen LogP contribution is 2.25. The van der Waals surface area contributed by atoms with Crippen LogP contribution in [-0.4, -0.2) is 25.2 Å². The van der Waals surface area contributed by atoms with Crippen molar-refractivity contribution in [3.8, 4) is 5.75 Å². The van der Waals surface area contributed by atoms with Crippen molar-refractivity contribution < 1.29 is 31.5 Å². The lowest BCUT2D eigenvalue weighted by Crippen LogP contribution is -2.41. The van der Waals surface area contributed by atoms with E-state index in [9.17, 15) is 28.1 Å². The van der Waals surface area contributed by atoms with Crippen molar-refractivity contribution in [3.63, 3.8) is 0 Å². The van der Waals surface area contributed by atoms with E-state index in [1.54, 1.807) is 19.1 Å². The first kappa shape index (κ1) is 23.4. The van der Waals surface area contributed by atoms with Gasteiger partial charge < -0.3 is 8.60 Å². The van der Waals surface area contributed by atoms with Crippen molar-refractivity contribution in [2.24, 2.45) is 0 Å². The second kappa shape index (κ2) is 9.27. The maximum atomic E-state index is 12.4. The third-order valence-corrected chi connectivity index (χ3v) is 6.22. The minimum Gasteiger partial charge on any atom is -0.451 e. The van der Waals surface area contributed by atoms with Crippen molar-refractivity contribution in [3.05, 3.63) is 99.8 Å². The monoisotopic (exact) mass is 495 g/mol. The molecule has 0 radical (unpaired) electrons. The summed E-state index contributed by atoms with van der Waals surface area (Å²) in [5, 5.41) is 11.7. The molecule has 0 aliphatic heterocycles. The number of non-ortho nitro benzene ring substituents is 1. The minimum absolute atomic E-state index is 0.0570. The number of rotatable bonds is 6. The van der Waals surface area contributed by atoms with Gasteiger partial charge in [0, 0.05) is 28.6 Å². The van der Waals surface area contributed by atoms with Gasteiger partial charge in [-0.05, 0) is 43.3 Å². The van der Waals surface area contributed by atoms with Gasteiger partial charge in [0.05, 0.1) is 4.92 Å². The Morgan fingerprint density at radius 2 is 1.63 bits per heavy atom. The lowest BCUT2D eigenvalue weighted by molar-refractivity contribution is -0.385. The molecule has 35 heavy (non-hydrogen) atoms. The number of benzene rings is 3. The molecule has 0 aliphatic carbocycles. The lowest BCUT2D eigenvalue weighted by Gasteiger charge is -2.09. The van der Waals surface area contributed by atoms with Crippen LogP contribution >= 0.6 is 0 Å². The SMILES string of the molecule is Cc1c(C(=O)NNC(=O)c2ccc(OS(=O)(=O)c3cccc([N+](=O)[O-])c3)cc2)oc2ccccc12. The molecule has 3 aromatic carbocycles. The number of hydrogen-bond acceptors (Lipinski definition) is 8. The second-order valence-electron chi connectivity index (χ2n) is 7.28. The van der Waals surface area contributed by atoms with E-state index in [-0.39, 0.29) is 17.1 Å². The predicted molar refractivity (Wildman–Crippen MR) is 123 cm³/mol. The summed E-state index contributed by atoms with van der Waals surface area (Å²) in [6.07, 6.45) is 0. The number of aryl methyl sites for hydroxylation is 1. The molecule has 0 fully saturated rings. The molecule has 2 amide bonds. The average molecular weight is 495 g/mol. The summed E-state index contributed by atoms with van der Waals surface area (Å²) in [5.41, 5.74) is 5.40. The molecule has 0 atom stereocenters. The van der Waals surface area contributed by atoms with E-state index in [0.29, 0.717) is 11.1 Å². The van der Waals surface area contributed by atoms with Gasteiger partial charge in [-0.3, -0.25) is 30.6 Å². The Morgan fingerprint density at radius 1 is 0.943 bits per heavy atom. The Hall–Kier alpha value is -4.71. The molecule has 1 aromatic heterocycles. The summed E-state index contributed by atoms with van der Waals surface area (Å²) >= 11 is 0. The second-order valence-corrected chi connectivity index (χ2v) is 8.82. The number of nitrogens with one attached hydrogen (secondary N) is 2.